The molecule has 4 aromatic rings. The molecule has 1 fully saturated rings. The van der Waals surface area contributed by atoms with E-state index in [2.05, 4.69) is 15.2 Å². The SMILES string of the molecule is NC1CCN([C@H](c2ccc3nnc(-c4ccc5cc(F)cc(OCC(F)(F)F)c5n4)n3c2)C(F)(F)F)C1. The third-order valence-electron chi connectivity index (χ3n) is 6.01. The van der Waals surface area contributed by atoms with Crippen molar-refractivity contribution in [3.8, 4) is 17.3 Å². The molecule has 7 nitrogen and oxygen atoms in total. The third-order valence-corrected chi connectivity index (χ3v) is 6.01. The van der Waals surface area contributed by atoms with E-state index in [9.17, 15) is 30.7 Å². The minimum absolute atomic E-state index is 0.0453. The lowest BCUT2D eigenvalue weighted by molar-refractivity contribution is -0.183. The monoisotopic (exact) mass is 528 g/mol. The van der Waals surface area contributed by atoms with Crippen LogP contribution in [0.15, 0.2) is 42.6 Å². The largest absolute Gasteiger partial charge is 0.482 e. The average molecular weight is 528 g/mol. The first-order valence-electron chi connectivity index (χ1n) is 11.1. The Kier molecular flexibility index (Phi) is 6.18. The molecule has 1 aromatic carbocycles. The topological polar surface area (TPSA) is 81.6 Å². The van der Waals surface area contributed by atoms with Crippen molar-refractivity contribution in [2.24, 2.45) is 5.73 Å². The summed E-state index contributed by atoms with van der Waals surface area (Å²) in [5, 5.41) is 8.15. The lowest BCUT2D eigenvalue weighted by Gasteiger charge is -2.30. The molecule has 37 heavy (non-hydrogen) atoms. The predicted octanol–water partition coefficient (Wildman–Crippen LogP) is 4.66. The maximum absolute atomic E-state index is 14.1. The fraction of sp³-hybridized carbons (Fsp3) is 0.348. The number of aromatic nitrogens is 4. The van der Waals surface area contributed by atoms with E-state index >= 15 is 0 Å². The lowest BCUT2D eigenvalue weighted by atomic mass is 10.1. The van der Waals surface area contributed by atoms with Crippen molar-refractivity contribution in [1.29, 1.82) is 0 Å². The highest BCUT2D eigenvalue weighted by Crippen LogP contribution is 2.39. The summed E-state index contributed by atoms with van der Waals surface area (Å²) in [7, 11) is 0. The Balaban J connectivity index is 1.58. The molecular weight excluding hydrogens is 509 g/mol. The van der Waals surface area contributed by atoms with Crippen LogP contribution in [-0.2, 0) is 0 Å². The van der Waals surface area contributed by atoms with Gasteiger partial charge in [-0.2, -0.15) is 26.3 Å². The molecule has 0 radical (unpaired) electrons. The summed E-state index contributed by atoms with van der Waals surface area (Å²) < 4.78 is 100. The number of fused-ring (bicyclic) bond motifs is 2. The standard InChI is InChI=1S/C23H19F7N6O/c24-14-7-12-1-3-16(32-19(12)17(8-14)37-11-22(25,26)27)21-34-33-18-4-2-13(9-36(18)21)20(23(28,29)30)35-6-5-15(31)10-35/h1-4,7-9,15,20H,5-6,10-11,31H2/t15?,20-/m1/s1. The van der Waals surface area contributed by atoms with Crippen molar-refractivity contribution in [3.05, 3.63) is 54.0 Å². The molecule has 1 saturated heterocycles. The number of nitrogens with two attached hydrogens (primary N) is 1. The van der Waals surface area contributed by atoms with Gasteiger partial charge in [0.25, 0.3) is 0 Å². The molecule has 1 aliphatic heterocycles. The molecule has 0 bridgehead atoms. The first-order valence-corrected chi connectivity index (χ1v) is 11.1. The van der Waals surface area contributed by atoms with Crippen LogP contribution in [0.5, 0.6) is 5.75 Å². The summed E-state index contributed by atoms with van der Waals surface area (Å²) in [5.41, 5.74) is 6.01. The predicted molar refractivity (Wildman–Crippen MR) is 118 cm³/mol. The Bertz CT molecular complexity index is 1450. The summed E-state index contributed by atoms with van der Waals surface area (Å²) >= 11 is 0. The number of alkyl halides is 6. The van der Waals surface area contributed by atoms with Crippen molar-refractivity contribution in [3.63, 3.8) is 0 Å². The molecule has 1 aliphatic rings. The molecule has 0 spiro atoms. The molecule has 5 rings (SSSR count). The second-order valence-electron chi connectivity index (χ2n) is 8.78. The van der Waals surface area contributed by atoms with Crippen molar-refractivity contribution in [2.75, 3.05) is 19.7 Å². The molecule has 196 valence electrons. The van der Waals surface area contributed by atoms with E-state index in [-0.39, 0.29) is 52.8 Å². The van der Waals surface area contributed by atoms with Crippen LogP contribution in [0.3, 0.4) is 0 Å². The van der Waals surface area contributed by atoms with Gasteiger partial charge in [0.15, 0.2) is 18.1 Å². The van der Waals surface area contributed by atoms with Crippen molar-refractivity contribution >= 4 is 16.6 Å². The van der Waals surface area contributed by atoms with Crippen LogP contribution in [-0.4, -0.2) is 62.6 Å². The van der Waals surface area contributed by atoms with Crippen LogP contribution in [0.2, 0.25) is 0 Å². The molecule has 0 saturated carbocycles. The molecule has 2 N–H and O–H groups in total. The number of pyridine rings is 2. The van der Waals surface area contributed by atoms with Gasteiger partial charge in [-0.25, -0.2) is 9.37 Å². The number of hydrogen-bond acceptors (Lipinski definition) is 6. The van der Waals surface area contributed by atoms with Gasteiger partial charge in [0.1, 0.15) is 28.8 Å². The van der Waals surface area contributed by atoms with Crippen molar-refractivity contribution in [1.82, 2.24) is 24.5 Å². The Morgan fingerprint density at radius 1 is 1.05 bits per heavy atom. The van der Waals surface area contributed by atoms with Crippen LogP contribution in [0.25, 0.3) is 28.1 Å². The number of likely N-dealkylation sites (tertiary alicyclic amines) is 1. The second-order valence-corrected chi connectivity index (χ2v) is 8.78. The molecule has 1 unspecified atom stereocenters. The van der Waals surface area contributed by atoms with Gasteiger partial charge in [-0.15, -0.1) is 10.2 Å². The Morgan fingerprint density at radius 3 is 2.51 bits per heavy atom. The van der Waals surface area contributed by atoms with E-state index in [4.69, 9.17) is 10.5 Å². The van der Waals surface area contributed by atoms with Gasteiger partial charge in [-0.3, -0.25) is 9.30 Å². The second kappa shape index (κ2) is 9.10. The lowest BCUT2D eigenvalue weighted by Crippen LogP contribution is -2.38. The maximum Gasteiger partial charge on any atom is 0.422 e. The van der Waals surface area contributed by atoms with E-state index in [1.165, 1.54) is 39.8 Å². The highest BCUT2D eigenvalue weighted by atomic mass is 19.4. The molecule has 14 heteroatoms. The highest BCUT2D eigenvalue weighted by molar-refractivity contribution is 5.86. The van der Waals surface area contributed by atoms with E-state index < -0.39 is 36.6 Å². The number of rotatable bonds is 5. The Morgan fingerprint density at radius 2 is 1.84 bits per heavy atom. The van der Waals surface area contributed by atoms with Crippen LogP contribution >= 0.6 is 0 Å². The first kappa shape index (κ1) is 25.1. The summed E-state index contributed by atoms with van der Waals surface area (Å²) in [4.78, 5) is 5.56. The molecule has 2 atom stereocenters. The van der Waals surface area contributed by atoms with E-state index in [0.29, 0.717) is 6.42 Å². The zero-order chi connectivity index (χ0) is 26.5. The zero-order valence-corrected chi connectivity index (χ0v) is 18.9. The number of hydrogen-bond donors (Lipinski definition) is 1. The van der Waals surface area contributed by atoms with E-state index in [0.717, 1.165) is 12.1 Å². The minimum Gasteiger partial charge on any atom is -0.482 e. The fourth-order valence-corrected chi connectivity index (χ4v) is 4.46. The van der Waals surface area contributed by atoms with Crippen molar-refractivity contribution < 1.29 is 35.5 Å². The van der Waals surface area contributed by atoms with Gasteiger partial charge in [0.2, 0.25) is 0 Å². The average Bonchev–Trinajstić information content (AvgIpc) is 3.41. The normalized spacial score (nSPS) is 18.1. The highest BCUT2D eigenvalue weighted by Gasteiger charge is 2.46. The van der Waals surface area contributed by atoms with Crippen LogP contribution in [0.4, 0.5) is 30.7 Å². The van der Waals surface area contributed by atoms with Gasteiger partial charge in [-0.05, 0) is 30.2 Å². The van der Waals surface area contributed by atoms with Gasteiger partial charge in [0.05, 0.1) is 0 Å². The number of ether oxygens (including phenoxy) is 1. The van der Waals surface area contributed by atoms with E-state index in [1.807, 2.05) is 0 Å². The fourth-order valence-electron chi connectivity index (χ4n) is 4.46. The smallest absolute Gasteiger partial charge is 0.422 e. The Hall–Kier alpha value is -3.52. The van der Waals surface area contributed by atoms with Gasteiger partial charge < -0.3 is 10.5 Å². The molecular formula is C23H19F7N6O. The molecule has 3 aromatic heterocycles. The van der Waals surface area contributed by atoms with Crippen molar-refractivity contribution in [2.45, 2.75) is 30.9 Å². The summed E-state index contributed by atoms with van der Waals surface area (Å²) in [6.45, 7) is -1.39. The van der Waals surface area contributed by atoms with Crippen LogP contribution in [0, 0.1) is 5.82 Å². The summed E-state index contributed by atoms with van der Waals surface area (Å²) in [6, 6.07) is 5.09. The summed E-state index contributed by atoms with van der Waals surface area (Å²) in [6.07, 6.45) is -7.55. The molecule has 4 heterocycles. The number of nitrogens with zero attached hydrogens (tertiary/aromatic N) is 5. The molecule has 0 amide bonds. The zero-order valence-electron chi connectivity index (χ0n) is 18.9. The van der Waals surface area contributed by atoms with Gasteiger partial charge in [0, 0.05) is 36.8 Å². The number of benzene rings is 1. The minimum atomic E-state index is -4.66. The van der Waals surface area contributed by atoms with Gasteiger partial charge in [-0.1, -0.05) is 12.1 Å². The Labute approximate surface area is 204 Å². The number of halogens is 7. The summed E-state index contributed by atoms with van der Waals surface area (Å²) in [5.74, 6) is -1.22. The van der Waals surface area contributed by atoms with Crippen LogP contribution in [0.1, 0.15) is 18.0 Å². The quantitative estimate of drug-likeness (QED) is 0.380. The van der Waals surface area contributed by atoms with Gasteiger partial charge >= 0.3 is 12.4 Å². The first-order chi connectivity index (χ1) is 17.4. The third kappa shape index (κ3) is 5.16. The van der Waals surface area contributed by atoms with E-state index in [1.54, 1.807) is 0 Å². The maximum atomic E-state index is 14.1. The van der Waals surface area contributed by atoms with Crippen LogP contribution < -0.4 is 10.5 Å². The molecule has 0 aliphatic carbocycles.